The highest BCUT2D eigenvalue weighted by Gasteiger charge is 2.09. The average Bonchev–Trinajstić information content (AvgIpc) is 2.47. The second kappa shape index (κ2) is 6.96. The van der Waals surface area contributed by atoms with Crippen LogP contribution in [0.15, 0.2) is 46.9 Å². The molecule has 0 radical (unpaired) electrons. The second-order valence-electron chi connectivity index (χ2n) is 5.09. The van der Waals surface area contributed by atoms with Gasteiger partial charge < -0.3 is 14.7 Å². The Morgan fingerprint density at radius 3 is 2.62 bits per heavy atom. The second-order valence-corrected chi connectivity index (χ2v) is 5.95. The minimum absolute atomic E-state index is 0.459. The highest BCUT2D eigenvalue weighted by Crippen LogP contribution is 2.30. The Hall–Kier alpha value is -1.52. The lowest BCUT2D eigenvalue weighted by atomic mass is 10.1. The van der Waals surface area contributed by atoms with Gasteiger partial charge in [0.15, 0.2) is 0 Å². The molecule has 3 nitrogen and oxygen atoms in total. The van der Waals surface area contributed by atoms with E-state index in [-0.39, 0.29) is 0 Å². The topological polar surface area (TPSA) is 32.7 Å². The lowest BCUT2D eigenvalue weighted by molar-refractivity contribution is 0.199. The van der Waals surface area contributed by atoms with Crippen LogP contribution in [0.4, 0.5) is 5.69 Å². The van der Waals surface area contributed by atoms with E-state index >= 15 is 0 Å². The molecule has 4 heteroatoms. The van der Waals surface area contributed by atoms with Crippen molar-refractivity contribution in [3.05, 3.63) is 58.1 Å². The first-order valence-electron chi connectivity index (χ1n) is 6.83. The predicted molar refractivity (Wildman–Crippen MR) is 89.9 cm³/mol. The normalized spacial score (nSPS) is 12.0. The molecule has 1 unspecified atom stereocenters. The lowest BCUT2D eigenvalue weighted by Gasteiger charge is -2.22. The summed E-state index contributed by atoms with van der Waals surface area (Å²) in [4.78, 5) is 2.16. The number of halogens is 1. The van der Waals surface area contributed by atoms with E-state index in [1.54, 1.807) is 14.0 Å². The van der Waals surface area contributed by atoms with Gasteiger partial charge in [-0.05, 0) is 58.2 Å². The van der Waals surface area contributed by atoms with Crippen LogP contribution < -0.4 is 9.64 Å². The Balaban J connectivity index is 2.18. The van der Waals surface area contributed by atoms with Gasteiger partial charge in [-0.3, -0.25) is 0 Å². The first-order valence-corrected chi connectivity index (χ1v) is 7.62. The smallest absolute Gasteiger partial charge is 0.119 e. The van der Waals surface area contributed by atoms with Crippen LogP contribution in [0.25, 0.3) is 0 Å². The number of benzene rings is 2. The molecule has 0 fully saturated rings. The standard InChI is InChI=1S/C17H20BrNO2/c1-12(20)14-7-8-17(16(18)10-14)19(2)11-13-5-4-6-15(9-13)21-3/h4-10,12,20H,11H2,1-3H3. The van der Waals surface area contributed by atoms with E-state index < -0.39 is 6.10 Å². The molecule has 0 aliphatic carbocycles. The molecule has 0 saturated carbocycles. The third kappa shape index (κ3) is 3.99. The minimum Gasteiger partial charge on any atom is -0.497 e. The number of anilines is 1. The van der Waals surface area contributed by atoms with Crippen molar-refractivity contribution in [2.24, 2.45) is 0 Å². The summed E-state index contributed by atoms with van der Waals surface area (Å²) in [5.41, 5.74) is 3.17. The number of ether oxygens (including phenoxy) is 1. The van der Waals surface area contributed by atoms with E-state index in [1.807, 2.05) is 43.4 Å². The zero-order valence-corrected chi connectivity index (χ0v) is 14.1. The highest BCUT2D eigenvalue weighted by atomic mass is 79.9. The maximum atomic E-state index is 9.62. The average molecular weight is 350 g/mol. The van der Waals surface area contributed by atoms with Crippen LogP contribution in [0, 0.1) is 0 Å². The molecule has 0 saturated heterocycles. The molecule has 0 spiro atoms. The molecule has 2 aromatic rings. The fraction of sp³-hybridized carbons (Fsp3) is 0.294. The summed E-state index contributed by atoms with van der Waals surface area (Å²) in [6.45, 7) is 2.55. The van der Waals surface area contributed by atoms with Gasteiger partial charge in [0.25, 0.3) is 0 Å². The van der Waals surface area contributed by atoms with Crippen LogP contribution in [-0.2, 0) is 6.54 Å². The van der Waals surface area contributed by atoms with Crippen molar-refractivity contribution in [3.63, 3.8) is 0 Å². The van der Waals surface area contributed by atoms with Gasteiger partial charge in [-0.15, -0.1) is 0 Å². The van der Waals surface area contributed by atoms with Crippen LogP contribution in [-0.4, -0.2) is 19.3 Å². The summed E-state index contributed by atoms with van der Waals surface area (Å²) in [7, 11) is 3.72. The first-order chi connectivity index (χ1) is 10.0. The Labute approximate surface area is 134 Å². The zero-order chi connectivity index (χ0) is 15.4. The van der Waals surface area contributed by atoms with Gasteiger partial charge in [-0.1, -0.05) is 18.2 Å². The van der Waals surface area contributed by atoms with Crippen LogP contribution >= 0.6 is 15.9 Å². The summed E-state index contributed by atoms with van der Waals surface area (Å²) in [5, 5.41) is 9.62. The number of aliphatic hydroxyl groups is 1. The summed E-state index contributed by atoms with van der Waals surface area (Å²) in [5.74, 6) is 0.865. The van der Waals surface area contributed by atoms with Crippen LogP contribution in [0.3, 0.4) is 0 Å². The molecule has 0 aliphatic heterocycles. The predicted octanol–water partition coefficient (Wildman–Crippen LogP) is 4.15. The largest absolute Gasteiger partial charge is 0.497 e. The number of methoxy groups -OCH3 is 1. The summed E-state index contributed by atoms with van der Waals surface area (Å²) in [6, 6.07) is 14.0. The lowest BCUT2D eigenvalue weighted by Crippen LogP contribution is -2.17. The quantitative estimate of drug-likeness (QED) is 0.880. The molecule has 112 valence electrons. The maximum Gasteiger partial charge on any atom is 0.119 e. The number of nitrogens with zero attached hydrogens (tertiary/aromatic N) is 1. The monoisotopic (exact) mass is 349 g/mol. The number of hydrogen-bond acceptors (Lipinski definition) is 3. The summed E-state index contributed by atoms with van der Waals surface area (Å²) >= 11 is 3.58. The van der Waals surface area contributed by atoms with E-state index in [2.05, 4.69) is 26.9 Å². The number of hydrogen-bond donors (Lipinski definition) is 1. The van der Waals surface area contributed by atoms with Crippen molar-refractivity contribution in [1.82, 2.24) is 0 Å². The Kier molecular flexibility index (Phi) is 5.26. The fourth-order valence-electron chi connectivity index (χ4n) is 2.22. The molecule has 0 aliphatic rings. The van der Waals surface area contributed by atoms with Gasteiger partial charge in [0.2, 0.25) is 0 Å². The SMILES string of the molecule is COc1cccc(CN(C)c2ccc(C(C)O)cc2Br)c1. The molecular weight excluding hydrogens is 330 g/mol. The van der Waals surface area contributed by atoms with Crippen molar-refractivity contribution in [2.45, 2.75) is 19.6 Å². The molecule has 0 heterocycles. The molecule has 1 atom stereocenters. The Morgan fingerprint density at radius 1 is 1.24 bits per heavy atom. The maximum absolute atomic E-state index is 9.62. The summed E-state index contributed by atoms with van der Waals surface area (Å²) < 4.78 is 6.23. The van der Waals surface area contributed by atoms with Crippen molar-refractivity contribution >= 4 is 21.6 Å². The molecular formula is C17H20BrNO2. The third-order valence-electron chi connectivity index (χ3n) is 3.42. The van der Waals surface area contributed by atoms with E-state index in [0.29, 0.717) is 0 Å². The van der Waals surface area contributed by atoms with Gasteiger partial charge in [0, 0.05) is 18.1 Å². The van der Waals surface area contributed by atoms with E-state index in [9.17, 15) is 5.11 Å². The van der Waals surface area contributed by atoms with Crippen molar-refractivity contribution in [3.8, 4) is 5.75 Å². The number of aliphatic hydroxyl groups excluding tert-OH is 1. The van der Waals surface area contributed by atoms with Gasteiger partial charge in [-0.2, -0.15) is 0 Å². The van der Waals surface area contributed by atoms with Crippen molar-refractivity contribution in [1.29, 1.82) is 0 Å². The van der Waals surface area contributed by atoms with E-state index in [0.717, 1.165) is 28.0 Å². The molecule has 21 heavy (non-hydrogen) atoms. The number of rotatable bonds is 5. The van der Waals surface area contributed by atoms with Gasteiger partial charge in [0.1, 0.15) is 5.75 Å². The molecule has 1 N–H and O–H groups in total. The van der Waals surface area contributed by atoms with E-state index in [4.69, 9.17) is 4.74 Å². The molecule has 2 rings (SSSR count). The van der Waals surface area contributed by atoms with Gasteiger partial charge in [0.05, 0.1) is 18.9 Å². The highest BCUT2D eigenvalue weighted by molar-refractivity contribution is 9.10. The Bertz CT molecular complexity index is 613. The van der Waals surface area contributed by atoms with Gasteiger partial charge in [-0.25, -0.2) is 0 Å². The minimum atomic E-state index is -0.459. The summed E-state index contributed by atoms with van der Waals surface area (Å²) in [6.07, 6.45) is -0.459. The zero-order valence-electron chi connectivity index (χ0n) is 12.5. The molecule has 0 amide bonds. The van der Waals surface area contributed by atoms with Crippen LogP contribution in [0.1, 0.15) is 24.2 Å². The Morgan fingerprint density at radius 2 is 2.00 bits per heavy atom. The molecule has 0 aromatic heterocycles. The van der Waals surface area contributed by atoms with Crippen molar-refractivity contribution in [2.75, 3.05) is 19.1 Å². The van der Waals surface area contributed by atoms with Gasteiger partial charge >= 0.3 is 0 Å². The van der Waals surface area contributed by atoms with E-state index in [1.165, 1.54) is 5.56 Å². The van der Waals surface area contributed by atoms with Crippen LogP contribution in [0.2, 0.25) is 0 Å². The van der Waals surface area contributed by atoms with Crippen LogP contribution in [0.5, 0.6) is 5.75 Å². The third-order valence-corrected chi connectivity index (χ3v) is 4.05. The molecule has 2 aromatic carbocycles. The molecule has 0 bridgehead atoms. The fourth-order valence-corrected chi connectivity index (χ4v) is 2.92. The van der Waals surface area contributed by atoms with Crippen molar-refractivity contribution < 1.29 is 9.84 Å². The first kappa shape index (κ1) is 15.9.